The van der Waals surface area contributed by atoms with E-state index in [-0.39, 0.29) is 10.8 Å². The molecule has 0 fully saturated rings. The van der Waals surface area contributed by atoms with Crippen LogP contribution in [0.15, 0.2) is 167 Å². The number of benzene rings is 9. The van der Waals surface area contributed by atoms with Gasteiger partial charge in [-0.2, -0.15) is 0 Å². The molecule has 2 nitrogen and oxygen atoms in total. The molecule has 0 aliphatic heterocycles. The Kier molecular flexibility index (Phi) is 6.07. The second-order valence-corrected chi connectivity index (χ2v) is 17.6. The van der Waals surface area contributed by atoms with Gasteiger partial charge in [-0.1, -0.05) is 149 Å². The molecule has 0 radical (unpaired) electrons. The third-order valence-corrected chi connectivity index (χ3v) is 13.8. The van der Waals surface area contributed by atoms with Gasteiger partial charge in [0.15, 0.2) is 0 Å². The number of fused-ring (bicyclic) bond motifs is 17. The van der Waals surface area contributed by atoms with Crippen molar-refractivity contribution in [2.45, 2.75) is 38.5 Å². The minimum atomic E-state index is -0.317. The van der Waals surface area contributed by atoms with Gasteiger partial charge >= 0.3 is 0 Å². The van der Waals surface area contributed by atoms with Crippen LogP contribution in [-0.4, -0.2) is 0 Å². The molecule has 0 spiro atoms. The van der Waals surface area contributed by atoms with Crippen LogP contribution >= 0.6 is 0 Å². The second-order valence-electron chi connectivity index (χ2n) is 17.6. The minimum absolute atomic E-state index is 0.317. The number of hydrogen-bond donors (Lipinski definition) is 0. The van der Waals surface area contributed by atoms with E-state index in [0.29, 0.717) is 0 Å². The summed E-state index contributed by atoms with van der Waals surface area (Å²) < 4.78 is 14.0. The molecule has 9 aromatic carbocycles. The lowest BCUT2D eigenvalue weighted by Crippen LogP contribution is -2.24. The highest BCUT2D eigenvalue weighted by Gasteiger charge is 2.48. The van der Waals surface area contributed by atoms with E-state index in [1.165, 1.54) is 99.1 Å². The monoisotopic (exact) mass is 742 g/mol. The molecule has 0 N–H and O–H groups in total. The fourth-order valence-electron chi connectivity index (χ4n) is 11.1. The third kappa shape index (κ3) is 4.02. The van der Waals surface area contributed by atoms with Crippen LogP contribution in [0.25, 0.3) is 110 Å². The fraction of sp³-hybridized carbons (Fsp3) is 0.107. The van der Waals surface area contributed by atoms with E-state index in [9.17, 15) is 0 Å². The molecule has 13 rings (SSSR count). The van der Waals surface area contributed by atoms with Crippen LogP contribution in [0.3, 0.4) is 0 Å². The van der Waals surface area contributed by atoms with Crippen molar-refractivity contribution in [3.05, 3.63) is 180 Å². The van der Waals surface area contributed by atoms with E-state index < -0.39 is 0 Å². The highest BCUT2D eigenvalue weighted by Crippen LogP contribution is 2.63. The lowest BCUT2D eigenvalue weighted by atomic mass is 9.72. The molecule has 58 heavy (non-hydrogen) atoms. The molecule has 2 heterocycles. The summed E-state index contributed by atoms with van der Waals surface area (Å²) in [4.78, 5) is 0. The first-order valence-corrected chi connectivity index (χ1v) is 20.4. The van der Waals surface area contributed by atoms with Crippen LogP contribution in [0.1, 0.15) is 49.9 Å². The summed E-state index contributed by atoms with van der Waals surface area (Å²) in [7, 11) is 0. The topological polar surface area (TPSA) is 26.3 Å². The van der Waals surface area contributed by atoms with Crippen molar-refractivity contribution in [3.63, 3.8) is 0 Å². The Balaban J connectivity index is 1.10. The van der Waals surface area contributed by atoms with Gasteiger partial charge in [0, 0.05) is 43.5 Å². The van der Waals surface area contributed by atoms with E-state index in [1.807, 2.05) is 0 Å². The van der Waals surface area contributed by atoms with Gasteiger partial charge in [-0.3, -0.25) is 0 Å². The van der Waals surface area contributed by atoms with Gasteiger partial charge in [0.1, 0.15) is 22.3 Å². The Morgan fingerprint density at radius 1 is 0.362 bits per heavy atom. The molecule has 2 aliphatic carbocycles. The smallest absolute Gasteiger partial charge is 0.144 e. The Morgan fingerprint density at radius 2 is 0.759 bits per heavy atom. The molecule has 0 bridgehead atoms. The van der Waals surface area contributed by atoms with E-state index in [1.54, 1.807) is 0 Å². The van der Waals surface area contributed by atoms with E-state index >= 15 is 0 Å². The maximum atomic E-state index is 7.00. The van der Waals surface area contributed by atoms with Crippen LogP contribution in [-0.2, 0) is 10.8 Å². The Hall–Kier alpha value is -6.90. The molecule has 274 valence electrons. The Labute approximate surface area is 336 Å². The SMILES string of the molecule is CC1(C)c2cc(-c3ccc4ccccc4c3)c3c(oc4ccccc43)c2-c2ccc3c(c21)C(C)(C)c1cc(-c2ccc4ccccc4c2)c2c(oc4ccccc42)c1-3. The average Bonchev–Trinajstić information content (AvgIpc) is 3.95. The zero-order chi connectivity index (χ0) is 38.7. The van der Waals surface area contributed by atoms with Gasteiger partial charge in [0.05, 0.1) is 0 Å². The van der Waals surface area contributed by atoms with Gasteiger partial charge < -0.3 is 8.83 Å². The molecule has 0 amide bonds. The summed E-state index contributed by atoms with van der Waals surface area (Å²) in [6.45, 7) is 9.69. The van der Waals surface area contributed by atoms with Crippen LogP contribution in [0, 0.1) is 0 Å². The molecule has 0 atom stereocenters. The van der Waals surface area contributed by atoms with Crippen molar-refractivity contribution in [2.24, 2.45) is 0 Å². The highest BCUT2D eigenvalue weighted by molar-refractivity contribution is 6.21. The molecule has 11 aromatic rings. The van der Waals surface area contributed by atoms with Crippen molar-refractivity contribution in [1.29, 1.82) is 0 Å². The summed E-state index contributed by atoms with van der Waals surface area (Å²) in [6.07, 6.45) is 0. The molecular formula is C56H38O2. The van der Waals surface area contributed by atoms with Crippen LogP contribution in [0.2, 0.25) is 0 Å². The van der Waals surface area contributed by atoms with Crippen LogP contribution < -0.4 is 0 Å². The standard InChI is InChI=1S/C56H38O2/c1-55(2)43-29-41(35-23-21-31-13-5-7-15-33(31)27-35)47-37-17-9-11-19-45(37)57-53(47)49(43)39-25-26-40-50-44(56(3,4)52(40)51(39)55)30-42(36-24-22-32-14-6-8-16-34(32)28-36)48-38-18-10-12-20-46(38)58-54(48)50/h5-30H,1-4H3. The molecule has 2 aliphatic rings. The van der Waals surface area contributed by atoms with Gasteiger partial charge in [0.2, 0.25) is 0 Å². The molecule has 2 heteroatoms. The zero-order valence-electron chi connectivity index (χ0n) is 32.8. The van der Waals surface area contributed by atoms with Crippen molar-refractivity contribution in [1.82, 2.24) is 0 Å². The molecular weight excluding hydrogens is 705 g/mol. The average molecular weight is 743 g/mol. The highest BCUT2D eigenvalue weighted by atomic mass is 16.3. The Morgan fingerprint density at radius 3 is 1.21 bits per heavy atom. The first-order valence-electron chi connectivity index (χ1n) is 20.4. The summed E-state index contributed by atoms with van der Waals surface area (Å²) >= 11 is 0. The first kappa shape index (κ1) is 32.2. The van der Waals surface area contributed by atoms with Crippen molar-refractivity contribution in [2.75, 3.05) is 0 Å². The van der Waals surface area contributed by atoms with Crippen LogP contribution in [0.4, 0.5) is 0 Å². The summed E-state index contributed by atoms with van der Waals surface area (Å²) in [6, 6.07) is 57.8. The molecule has 0 saturated heterocycles. The summed E-state index contributed by atoms with van der Waals surface area (Å²) in [5, 5.41) is 9.62. The Bertz CT molecular complexity index is 3380. The zero-order valence-corrected chi connectivity index (χ0v) is 32.8. The summed E-state index contributed by atoms with van der Waals surface area (Å²) in [5.41, 5.74) is 18.3. The number of hydrogen-bond acceptors (Lipinski definition) is 2. The summed E-state index contributed by atoms with van der Waals surface area (Å²) in [5.74, 6) is 0. The third-order valence-electron chi connectivity index (χ3n) is 13.8. The van der Waals surface area contributed by atoms with Crippen LogP contribution in [0.5, 0.6) is 0 Å². The predicted octanol–water partition coefficient (Wildman–Crippen LogP) is 15.7. The fourth-order valence-corrected chi connectivity index (χ4v) is 11.1. The number of rotatable bonds is 2. The maximum Gasteiger partial charge on any atom is 0.144 e. The maximum absolute atomic E-state index is 7.00. The van der Waals surface area contributed by atoms with Gasteiger partial charge in [-0.05, 0) is 114 Å². The van der Waals surface area contributed by atoms with Gasteiger partial charge in [-0.25, -0.2) is 0 Å². The van der Waals surface area contributed by atoms with E-state index in [2.05, 4.69) is 185 Å². The number of furan rings is 2. The predicted molar refractivity (Wildman–Crippen MR) is 242 cm³/mol. The molecule has 2 aromatic heterocycles. The van der Waals surface area contributed by atoms with Gasteiger partial charge in [-0.15, -0.1) is 0 Å². The van der Waals surface area contributed by atoms with E-state index in [4.69, 9.17) is 8.83 Å². The lowest BCUT2D eigenvalue weighted by Gasteiger charge is -2.31. The first-order chi connectivity index (χ1) is 28.3. The van der Waals surface area contributed by atoms with Crippen molar-refractivity contribution in [3.8, 4) is 44.5 Å². The lowest BCUT2D eigenvalue weighted by molar-refractivity contribution is 0.600. The number of para-hydroxylation sites is 2. The van der Waals surface area contributed by atoms with Crippen molar-refractivity contribution >= 4 is 65.4 Å². The molecule has 0 saturated carbocycles. The largest absolute Gasteiger partial charge is 0.455 e. The second kappa shape index (κ2) is 10.9. The molecule has 0 unspecified atom stereocenters. The van der Waals surface area contributed by atoms with E-state index in [0.717, 1.165) is 33.1 Å². The normalized spacial score (nSPS) is 14.8. The van der Waals surface area contributed by atoms with Gasteiger partial charge in [0.25, 0.3) is 0 Å². The van der Waals surface area contributed by atoms with Crippen molar-refractivity contribution < 1.29 is 8.83 Å². The quantitative estimate of drug-likeness (QED) is 0.176. The minimum Gasteiger partial charge on any atom is -0.455 e.